The largest absolute Gasteiger partial charge is 0.466 e. The van der Waals surface area contributed by atoms with Crippen molar-refractivity contribution in [3.05, 3.63) is 12.2 Å². The lowest BCUT2D eigenvalue weighted by Gasteiger charge is -2.33. The number of hydrogen-bond donors (Lipinski definition) is 0. The highest BCUT2D eigenvalue weighted by molar-refractivity contribution is 5.72. The lowest BCUT2D eigenvalue weighted by atomic mass is 9.91. The van der Waals surface area contributed by atoms with Crippen molar-refractivity contribution in [1.29, 1.82) is 0 Å². The Morgan fingerprint density at radius 2 is 2.06 bits per heavy atom. The lowest BCUT2D eigenvalue weighted by molar-refractivity contribution is -0.149. The minimum absolute atomic E-state index is 0.0118. The van der Waals surface area contributed by atoms with Crippen molar-refractivity contribution < 1.29 is 9.53 Å². The van der Waals surface area contributed by atoms with Gasteiger partial charge in [-0.1, -0.05) is 12.2 Å². The van der Waals surface area contributed by atoms with Crippen LogP contribution in [0, 0.1) is 11.8 Å². The van der Waals surface area contributed by atoms with Gasteiger partial charge >= 0.3 is 5.97 Å². The summed E-state index contributed by atoms with van der Waals surface area (Å²) in [5.74, 6) is 0.986. The first kappa shape index (κ1) is 13.6. The first-order valence-corrected chi connectivity index (χ1v) is 7.33. The Labute approximate surface area is 110 Å². The van der Waals surface area contributed by atoms with Gasteiger partial charge in [0.05, 0.1) is 12.5 Å². The molecule has 2 aliphatic rings. The second-order valence-corrected chi connectivity index (χ2v) is 5.48. The Kier molecular flexibility index (Phi) is 5.24. The van der Waals surface area contributed by atoms with E-state index in [0.29, 0.717) is 6.61 Å². The van der Waals surface area contributed by atoms with Gasteiger partial charge in [0.15, 0.2) is 0 Å². The number of esters is 1. The average Bonchev–Trinajstić information content (AvgIpc) is 2.41. The second kappa shape index (κ2) is 6.93. The van der Waals surface area contributed by atoms with Gasteiger partial charge in [0.25, 0.3) is 0 Å². The Morgan fingerprint density at radius 1 is 1.28 bits per heavy atom. The standard InChI is InChI=1S/C15H25NO2/c1-2-18-15(17)14-8-10-16(11-9-14)12-13-6-4-3-5-7-13/h3-4,13-14H,2,5-12H2,1H3. The van der Waals surface area contributed by atoms with Gasteiger partial charge in [-0.15, -0.1) is 0 Å². The molecule has 18 heavy (non-hydrogen) atoms. The van der Waals surface area contributed by atoms with Gasteiger partial charge in [-0.3, -0.25) is 4.79 Å². The van der Waals surface area contributed by atoms with Crippen LogP contribution >= 0.6 is 0 Å². The number of carbonyl (C=O) groups is 1. The molecule has 0 spiro atoms. The molecule has 2 rings (SSSR count). The molecule has 0 aromatic carbocycles. The number of ether oxygens (including phenoxy) is 1. The molecule has 0 N–H and O–H groups in total. The summed E-state index contributed by atoms with van der Waals surface area (Å²) >= 11 is 0. The highest BCUT2D eigenvalue weighted by atomic mass is 16.5. The minimum Gasteiger partial charge on any atom is -0.466 e. The smallest absolute Gasteiger partial charge is 0.309 e. The van der Waals surface area contributed by atoms with Gasteiger partial charge in [-0.05, 0) is 58.0 Å². The van der Waals surface area contributed by atoms with E-state index in [1.54, 1.807) is 0 Å². The van der Waals surface area contributed by atoms with E-state index in [1.807, 2.05) is 6.92 Å². The normalized spacial score (nSPS) is 26.2. The van der Waals surface area contributed by atoms with Gasteiger partial charge < -0.3 is 9.64 Å². The van der Waals surface area contributed by atoms with E-state index in [9.17, 15) is 4.79 Å². The Bertz CT molecular complexity index is 293. The van der Waals surface area contributed by atoms with Crippen molar-refractivity contribution in [1.82, 2.24) is 4.90 Å². The fourth-order valence-electron chi connectivity index (χ4n) is 3.00. The number of nitrogens with zero attached hydrogens (tertiary/aromatic N) is 1. The predicted octanol–water partition coefficient (Wildman–Crippen LogP) is 2.62. The molecule has 0 amide bonds. The summed E-state index contributed by atoms with van der Waals surface area (Å²) in [6.07, 6.45) is 10.4. The SMILES string of the molecule is CCOC(=O)C1CCN(CC2CC=CCC2)CC1. The number of carbonyl (C=O) groups excluding carboxylic acids is 1. The fourth-order valence-corrected chi connectivity index (χ4v) is 3.00. The van der Waals surface area contributed by atoms with Crippen LogP contribution in [0.5, 0.6) is 0 Å². The third-order valence-electron chi connectivity index (χ3n) is 4.10. The summed E-state index contributed by atoms with van der Waals surface area (Å²) in [5, 5.41) is 0. The summed E-state index contributed by atoms with van der Waals surface area (Å²) in [7, 11) is 0. The van der Waals surface area contributed by atoms with E-state index in [-0.39, 0.29) is 11.9 Å². The first-order valence-electron chi connectivity index (χ1n) is 7.33. The molecular weight excluding hydrogens is 226 g/mol. The van der Waals surface area contributed by atoms with Gasteiger partial charge in [-0.2, -0.15) is 0 Å². The highest BCUT2D eigenvalue weighted by Gasteiger charge is 2.26. The molecule has 1 fully saturated rings. The van der Waals surface area contributed by atoms with Crippen LogP contribution in [-0.2, 0) is 9.53 Å². The molecule has 1 heterocycles. The van der Waals surface area contributed by atoms with E-state index in [1.165, 1.54) is 25.8 Å². The highest BCUT2D eigenvalue weighted by Crippen LogP contribution is 2.23. The quantitative estimate of drug-likeness (QED) is 0.568. The van der Waals surface area contributed by atoms with Crippen LogP contribution in [0.2, 0.25) is 0 Å². The van der Waals surface area contributed by atoms with Crippen LogP contribution in [0.25, 0.3) is 0 Å². The maximum absolute atomic E-state index is 11.6. The average molecular weight is 251 g/mol. The third kappa shape index (κ3) is 3.84. The summed E-state index contributed by atoms with van der Waals surface area (Å²) in [5.41, 5.74) is 0. The van der Waals surface area contributed by atoms with Crippen molar-refractivity contribution in [3.63, 3.8) is 0 Å². The van der Waals surface area contributed by atoms with Crippen LogP contribution in [-0.4, -0.2) is 37.1 Å². The van der Waals surface area contributed by atoms with Gasteiger partial charge in [0.2, 0.25) is 0 Å². The Morgan fingerprint density at radius 3 is 2.67 bits per heavy atom. The topological polar surface area (TPSA) is 29.5 Å². The molecule has 0 saturated carbocycles. The van der Waals surface area contributed by atoms with Crippen molar-refractivity contribution in [3.8, 4) is 0 Å². The van der Waals surface area contributed by atoms with E-state index >= 15 is 0 Å². The molecule has 102 valence electrons. The molecule has 0 aromatic heterocycles. The van der Waals surface area contributed by atoms with Crippen LogP contribution in [0.3, 0.4) is 0 Å². The zero-order valence-electron chi connectivity index (χ0n) is 11.4. The molecule has 1 aliphatic heterocycles. The van der Waals surface area contributed by atoms with Crippen LogP contribution in [0.4, 0.5) is 0 Å². The van der Waals surface area contributed by atoms with Crippen molar-refractivity contribution in [2.75, 3.05) is 26.2 Å². The summed E-state index contributed by atoms with van der Waals surface area (Å²) in [6.45, 7) is 5.71. The molecule has 3 heteroatoms. The number of likely N-dealkylation sites (tertiary alicyclic amines) is 1. The first-order chi connectivity index (χ1) is 8.79. The Balaban J connectivity index is 1.69. The molecule has 1 atom stereocenters. The number of hydrogen-bond acceptors (Lipinski definition) is 3. The molecule has 3 nitrogen and oxygen atoms in total. The van der Waals surface area contributed by atoms with Crippen molar-refractivity contribution in [2.24, 2.45) is 11.8 Å². The Hall–Kier alpha value is -0.830. The van der Waals surface area contributed by atoms with E-state index in [0.717, 1.165) is 31.8 Å². The zero-order valence-corrected chi connectivity index (χ0v) is 11.4. The van der Waals surface area contributed by atoms with E-state index in [4.69, 9.17) is 4.74 Å². The lowest BCUT2D eigenvalue weighted by Crippen LogP contribution is -2.39. The van der Waals surface area contributed by atoms with Crippen LogP contribution < -0.4 is 0 Å². The van der Waals surface area contributed by atoms with Crippen LogP contribution in [0.1, 0.15) is 39.0 Å². The van der Waals surface area contributed by atoms with Crippen LogP contribution in [0.15, 0.2) is 12.2 Å². The van der Waals surface area contributed by atoms with Gasteiger partial charge in [-0.25, -0.2) is 0 Å². The van der Waals surface area contributed by atoms with Gasteiger partial charge in [0, 0.05) is 6.54 Å². The summed E-state index contributed by atoms with van der Waals surface area (Å²) < 4.78 is 5.10. The molecule has 1 saturated heterocycles. The molecule has 0 bridgehead atoms. The minimum atomic E-state index is 0.0118. The van der Waals surface area contributed by atoms with Crippen molar-refractivity contribution in [2.45, 2.75) is 39.0 Å². The van der Waals surface area contributed by atoms with Crippen molar-refractivity contribution >= 4 is 5.97 Å². The molecular formula is C15H25NO2. The van der Waals surface area contributed by atoms with Gasteiger partial charge in [0.1, 0.15) is 0 Å². The summed E-state index contributed by atoms with van der Waals surface area (Å²) in [4.78, 5) is 14.2. The van der Waals surface area contributed by atoms with E-state index in [2.05, 4.69) is 17.1 Å². The summed E-state index contributed by atoms with van der Waals surface area (Å²) in [6, 6.07) is 0. The molecule has 1 aliphatic carbocycles. The third-order valence-corrected chi connectivity index (χ3v) is 4.10. The zero-order chi connectivity index (χ0) is 12.8. The molecule has 0 aromatic rings. The predicted molar refractivity (Wildman–Crippen MR) is 72.3 cm³/mol. The number of rotatable bonds is 4. The maximum Gasteiger partial charge on any atom is 0.309 e. The number of allylic oxidation sites excluding steroid dienone is 2. The maximum atomic E-state index is 11.6. The molecule has 0 radical (unpaired) electrons. The molecule has 1 unspecified atom stereocenters. The van der Waals surface area contributed by atoms with E-state index < -0.39 is 0 Å². The fraction of sp³-hybridized carbons (Fsp3) is 0.800. The second-order valence-electron chi connectivity index (χ2n) is 5.48. The number of piperidine rings is 1. The monoisotopic (exact) mass is 251 g/mol.